The Labute approximate surface area is 152 Å². The van der Waals surface area contributed by atoms with E-state index in [0.717, 1.165) is 12.7 Å². The second kappa shape index (κ2) is 18.7. The minimum atomic E-state index is -0.0878. The highest BCUT2D eigenvalue weighted by Crippen LogP contribution is 2.34. The van der Waals surface area contributed by atoms with Gasteiger partial charge in [0, 0.05) is 5.41 Å². The van der Waals surface area contributed by atoms with E-state index in [1.807, 2.05) is 0 Å². The molecule has 0 N–H and O–H groups in total. The quantitative estimate of drug-likeness (QED) is 0.234. The van der Waals surface area contributed by atoms with Gasteiger partial charge < -0.3 is 9.59 Å². The minimum Gasteiger partial charge on any atom is -0.304 e. The summed E-state index contributed by atoms with van der Waals surface area (Å²) in [6, 6.07) is 0. The van der Waals surface area contributed by atoms with E-state index in [2.05, 4.69) is 27.7 Å². The molecule has 0 amide bonds. The standard InChI is InChI=1S/C20H40O.C2H4O/c1-5-7-9-11-13-15-17-20(4,18-21)19(3)16-14-12-10-8-6-2;1-2-3/h18-19H,5-17H2,1-4H3;2H,1H3. The fraction of sp³-hybridized carbons (Fsp3) is 0.909. The van der Waals surface area contributed by atoms with Gasteiger partial charge in [0.05, 0.1) is 0 Å². The maximum absolute atomic E-state index is 11.6. The number of carbonyl (C=O) groups is 2. The van der Waals surface area contributed by atoms with E-state index in [9.17, 15) is 4.79 Å². The molecule has 0 aromatic heterocycles. The molecule has 0 aliphatic heterocycles. The number of rotatable bonds is 15. The summed E-state index contributed by atoms with van der Waals surface area (Å²) in [7, 11) is 0. The molecule has 2 heteroatoms. The summed E-state index contributed by atoms with van der Waals surface area (Å²) in [5.74, 6) is 0.535. The van der Waals surface area contributed by atoms with Crippen molar-refractivity contribution in [1.82, 2.24) is 0 Å². The lowest BCUT2D eigenvalue weighted by atomic mass is 9.73. The van der Waals surface area contributed by atoms with Gasteiger partial charge >= 0.3 is 0 Å². The second-order valence-corrected chi connectivity index (χ2v) is 7.48. The Kier molecular flexibility index (Phi) is 19.9. The van der Waals surface area contributed by atoms with Crippen molar-refractivity contribution in [2.45, 2.75) is 118 Å². The zero-order valence-corrected chi connectivity index (χ0v) is 17.2. The summed E-state index contributed by atoms with van der Waals surface area (Å²) in [6.07, 6.45) is 18.8. The van der Waals surface area contributed by atoms with Crippen LogP contribution in [0.3, 0.4) is 0 Å². The van der Waals surface area contributed by atoms with Crippen LogP contribution in [-0.2, 0) is 9.59 Å². The molecule has 2 nitrogen and oxygen atoms in total. The van der Waals surface area contributed by atoms with Crippen LogP contribution in [0.1, 0.15) is 118 Å². The summed E-state index contributed by atoms with van der Waals surface area (Å²) in [6.45, 7) is 10.4. The maximum atomic E-state index is 11.6. The first-order valence-electron chi connectivity index (χ1n) is 10.4. The van der Waals surface area contributed by atoms with Gasteiger partial charge in [-0.15, -0.1) is 0 Å². The Morgan fingerprint density at radius 3 is 1.67 bits per heavy atom. The maximum Gasteiger partial charge on any atom is 0.126 e. The first kappa shape index (κ1) is 25.6. The van der Waals surface area contributed by atoms with Crippen LogP contribution in [0, 0.1) is 11.3 Å². The molecule has 0 fully saturated rings. The van der Waals surface area contributed by atoms with E-state index in [1.54, 1.807) is 0 Å². The third-order valence-electron chi connectivity index (χ3n) is 5.20. The van der Waals surface area contributed by atoms with E-state index < -0.39 is 0 Å². The molecule has 0 aliphatic carbocycles. The number of hydrogen-bond acceptors (Lipinski definition) is 2. The van der Waals surface area contributed by atoms with Crippen LogP contribution in [0.5, 0.6) is 0 Å². The lowest BCUT2D eigenvalue weighted by Gasteiger charge is -2.30. The molecule has 0 aromatic rings. The monoisotopic (exact) mass is 340 g/mol. The van der Waals surface area contributed by atoms with Crippen molar-refractivity contribution >= 4 is 12.6 Å². The van der Waals surface area contributed by atoms with Gasteiger partial charge in [-0.25, -0.2) is 0 Å². The highest BCUT2D eigenvalue weighted by Gasteiger charge is 2.29. The smallest absolute Gasteiger partial charge is 0.126 e. The molecular weight excluding hydrogens is 296 g/mol. The molecule has 0 aromatic carbocycles. The molecule has 2 unspecified atom stereocenters. The van der Waals surface area contributed by atoms with Crippen LogP contribution in [0.4, 0.5) is 0 Å². The first-order valence-corrected chi connectivity index (χ1v) is 10.4. The third kappa shape index (κ3) is 14.9. The fourth-order valence-electron chi connectivity index (χ4n) is 3.09. The van der Waals surface area contributed by atoms with Crippen LogP contribution in [0.2, 0.25) is 0 Å². The molecule has 0 bridgehead atoms. The molecule has 0 saturated carbocycles. The van der Waals surface area contributed by atoms with Gasteiger partial charge in [0.15, 0.2) is 0 Å². The largest absolute Gasteiger partial charge is 0.304 e. The summed E-state index contributed by atoms with van der Waals surface area (Å²) in [5, 5.41) is 0. The van der Waals surface area contributed by atoms with E-state index in [0.29, 0.717) is 5.92 Å². The van der Waals surface area contributed by atoms with Crippen LogP contribution in [-0.4, -0.2) is 12.6 Å². The molecule has 0 saturated heterocycles. The van der Waals surface area contributed by atoms with Gasteiger partial charge in [0.1, 0.15) is 12.6 Å². The Balaban J connectivity index is 0. The van der Waals surface area contributed by atoms with Crippen molar-refractivity contribution in [3.63, 3.8) is 0 Å². The van der Waals surface area contributed by atoms with E-state index in [1.165, 1.54) is 90.3 Å². The summed E-state index contributed by atoms with van der Waals surface area (Å²) in [4.78, 5) is 20.4. The van der Waals surface area contributed by atoms with Crippen LogP contribution >= 0.6 is 0 Å². The van der Waals surface area contributed by atoms with Gasteiger partial charge in [-0.3, -0.25) is 0 Å². The number of unbranched alkanes of at least 4 members (excludes halogenated alkanes) is 9. The third-order valence-corrected chi connectivity index (χ3v) is 5.20. The Bertz CT molecular complexity index is 275. The highest BCUT2D eigenvalue weighted by molar-refractivity contribution is 5.59. The molecule has 24 heavy (non-hydrogen) atoms. The summed E-state index contributed by atoms with van der Waals surface area (Å²) in [5.41, 5.74) is -0.0878. The van der Waals surface area contributed by atoms with Crippen molar-refractivity contribution in [3.8, 4) is 0 Å². The molecule has 0 aliphatic rings. The SMILES string of the molecule is CC=O.CCCCCCCCC(C)(C=O)C(C)CCCCCCC. The zero-order valence-electron chi connectivity index (χ0n) is 17.2. The summed E-state index contributed by atoms with van der Waals surface area (Å²) >= 11 is 0. The predicted octanol–water partition coefficient (Wildman–Crippen LogP) is 7.14. The van der Waals surface area contributed by atoms with Crippen LogP contribution in [0.15, 0.2) is 0 Å². The number of carbonyl (C=O) groups excluding carboxylic acids is 2. The topological polar surface area (TPSA) is 34.1 Å². The van der Waals surface area contributed by atoms with Crippen molar-refractivity contribution in [2.75, 3.05) is 0 Å². The number of hydrogen-bond donors (Lipinski definition) is 0. The van der Waals surface area contributed by atoms with Gasteiger partial charge in [0.2, 0.25) is 0 Å². The van der Waals surface area contributed by atoms with Gasteiger partial charge in [-0.1, -0.05) is 98.3 Å². The predicted molar refractivity (Wildman–Crippen MR) is 106 cm³/mol. The highest BCUT2D eigenvalue weighted by atomic mass is 16.1. The first-order chi connectivity index (χ1) is 11.5. The summed E-state index contributed by atoms with van der Waals surface area (Å²) < 4.78 is 0. The van der Waals surface area contributed by atoms with Gasteiger partial charge in [0.25, 0.3) is 0 Å². The van der Waals surface area contributed by atoms with Crippen LogP contribution < -0.4 is 0 Å². The molecule has 144 valence electrons. The molecule has 2 atom stereocenters. The average molecular weight is 341 g/mol. The molecule has 0 heterocycles. The minimum absolute atomic E-state index is 0.0878. The normalized spacial score (nSPS) is 14.2. The van der Waals surface area contributed by atoms with Gasteiger partial charge in [-0.2, -0.15) is 0 Å². The van der Waals surface area contributed by atoms with E-state index in [4.69, 9.17) is 4.79 Å². The van der Waals surface area contributed by atoms with Crippen molar-refractivity contribution in [2.24, 2.45) is 11.3 Å². The van der Waals surface area contributed by atoms with Crippen molar-refractivity contribution in [3.05, 3.63) is 0 Å². The molecule has 0 spiro atoms. The zero-order chi connectivity index (χ0) is 18.7. The average Bonchev–Trinajstić information content (AvgIpc) is 2.58. The number of aldehydes is 2. The lowest BCUT2D eigenvalue weighted by Crippen LogP contribution is -2.27. The van der Waals surface area contributed by atoms with Gasteiger partial charge in [-0.05, 0) is 25.7 Å². The van der Waals surface area contributed by atoms with Crippen LogP contribution in [0.25, 0.3) is 0 Å². The Morgan fingerprint density at radius 1 is 0.792 bits per heavy atom. The Morgan fingerprint density at radius 2 is 1.21 bits per heavy atom. The van der Waals surface area contributed by atoms with Crippen molar-refractivity contribution in [1.29, 1.82) is 0 Å². The van der Waals surface area contributed by atoms with E-state index in [-0.39, 0.29) is 5.41 Å². The molecular formula is C22H44O2. The van der Waals surface area contributed by atoms with Crippen molar-refractivity contribution < 1.29 is 9.59 Å². The lowest BCUT2D eigenvalue weighted by molar-refractivity contribution is -0.118. The fourth-order valence-corrected chi connectivity index (χ4v) is 3.09. The second-order valence-electron chi connectivity index (χ2n) is 7.48. The molecule has 0 radical (unpaired) electrons. The molecule has 0 rings (SSSR count). The van der Waals surface area contributed by atoms with E-state index >= 15 is 0 Å². The Hall–Kier alpha value is -0.660.